The minimum absolute atomic E-state index is 0.0131. The summed E-state index contributed by atoms with van der Waals surface area (Å²) in [4.78, 5) is 3.29. The number of alkyl halides is 6. The zero-order valence-electron chi connectivity index (χ0n) is 10.7. The smallest absolute Gasteiger partial charge is 0.255 e. The normalized spacial score (nSPS) is 12.6. The third-order valence-corrected chi connectivity index (χ3v) is 4.10. The molecule has 10 heteroatoms. The Balaban J connectivity index is 2.76. The molecule has 0 saturated heterocycles. The second kappa shape index (κ2) is 6.03. The van der Waals surface area contributed by atoms with E-state index in [1.807, 2.05) is 0 Å². The molecule has 0 saturated carbocycles. The zero-order chi connectivity index (χ0) is 17.6. The van der Waals surface area contributed by atoms with Gasteiger partial charge in [0.1, 0.15) is 0 Å². The van der Waals surface area contributed by atoms with Crippen molar-refractivity contribution in [3.8, 4) is 11.3 Å². The number of benzene rings is 1. The molecule has 1 nitrogen and oxygen atoms in total. The van der Waals surface area contributed by atoms with Crippen molar-refractivity contribution in [2.75, 3.05) is 0 Å². The van der Waals surface area contributed by atoms with Crippen LogP contribution in [0.15, 0.2) is 24.4 Å². The van der Waals surface area contributed by atoms with E-state index < -0.39 is 29.2 Å². The maximum Gasteiger partial charge on any atom is 0.418 e. The van der Waals surface area contributed by atoms with Gasteiger partial charge in [-0.15, -0.1) is 0 Å². The lowest BCUT2D eigenvalue weighted by Crippen LogP contribution is -2.13. The van der Waals surface area contributed by atoms with Crippen LogP contribution in [0.4, 0.5) is 26.3 Å². The molecule has 23 heavy (non-hydrogen) atoms. The highest BCUT2D eigenvalue weighted by Crippen LogP contribution is 2.43. The summed E-state index contributed by atoms with van der Waals surface area (Å²) in [5.74, 6) is 0. The Labute approximate surface area is 140 Å². The maximum absolute atomic E-state index is 13.1. The molecule has 2 rings (SSSR count). The van der Waals surface area contributed by atoms with E-state index in [4.69, 9.17) is 34.8 Å². The summed E-state index contributed by atoms with van der Waals surface area (Å²) in [6.45, 7) is 0. The van der Waals surface area contributed by atoms with Crippen LogP contribution in [0, 0.1) is 0 Å². The van der Waals surface area contributed by atoms with Crippen LogP contribution in [-0.4, -0.2) is 4.98 Å². The van der Waals surface area contributed by atoms with Gasteiger partial charge in [0.25, 0.3) is 0 Å². The van der Waals surface area contributed by atoms with Crippen molar-refractivity contribution in [1.29, 1.82) is 0 Å². The number of hydrogen-bond acceptors (Lipinski definition) is 1. The number of aromatic nitrogens is 1. The molecule has 0 aliphatic heterocycles. The fourth-order valence-electron chi connectivity index (χ4n) is 1.76. The van der Waals surface area contributed by atoms with Gasteiger partial charge in [0.05, 0.1) is 31.9 Å². The Morgan fingerprint density at radius 3 is 1.96 bits per heavy atom. The van der Waals surface area contributed by atoms with E-state index in [1.54, 1.807) is 0 Å². The molecular formula is C13H4Cl3F6N. The molecule has 0 radical (unpaired) electrons. The Morgan fingerprint density at radius 1 is 0.826 bits per heavy atom. The molecule has 1 aromatic carbocycles. The molecule has 0 bridgehead atoms. The standard InChI is InChI=1S/C13H4Cl3F6N/c14-8-2-1-6(9(15)10(8)16)11-7(13(20,21)22)3-5(4-23-11)12(17,18)19/h1-4H. The third-order valence-electron chi connectivity index (χ3n) is 2.81. The molecule has 0 amide bonds. The number of rotatable bonds is 1. The topological polar surface area (TPSA) is 12.9 Å². The zero-order valence-corrected chi connectivity index (χ0v) is 12.9. The lowest BCUT2D eigenvalue weighted by atomic mass is 10.0. The van der Waals surface area contributed by atoms with E-state index in [2.05, 4.69) is 4.98 Å². The lowest BCUT2D eigenvalue weighted by Gasteiger charge is -2.16. The quantitative estimate of drug-likeness (QED) is 0.385. The largest absolute Gasteiger partial charge is 0.418 e. The number of pyridine rings is 1. The average Bonchev–Trinajstić information content (AvgIpc) is 2.42. The lowest BCUT2D eigenvalue weighted by molar-refractivity contribution is -0.143. The molecular weight excluding hydrogens is 390 g/mol. The molecule has 2 aromatic rings. The van der Waals surface area contributed by atoms with Gasteiger partial charge in [0, 0.05) is 11.8 Å². The average molecular weight is 395 g/mol. The molecule has 0 aliphatic rings. The fourth-order valence-corrected chi connectivity index (χ4v) is 2.38. The molecule has 0 atom stereocenters. The van der Waals surface area contributed by atoms with E-state index >= 15 is 0 Å². The second-order valence-corrected chi connectivity index (χ2v) is 5.50. The van der Waals surface area contributed by atoms with E-state index in [-0.39, 0.29) is 26.7 Å². The summed E-state index contributed by atoms with van der Waals surface area (Å²) in [7, 11) is 0. The van der Waals surface area contributed by atoms with Crippen molar-refractivity contribution < 1.29 is 26.3 Å². The number of nitrogens with zero attached hydrogens (tertiary/aromatic N) is 1. The van der Waals surface area contributed by atoms with Gasteiger partial charge in [-0.2, -0.15) is 26.3 Å². The van der Waals surface area contributed by atoms with Crippen molar-refractivity contribution in [1.82, 2.24) is 4.98 Å². The SMILES string of the molecule is FC(F)(F)c1cnc(-c2ccc(Cl)c(Cl)c2Cl)c(C(F)(F)F)c1. The second-order valence-electron chi connectivity index (χ2n) is 4.34. The van der Waals surface area contributed by atoms with Gasteiger partial charge in [0.15, 0.2) is 0 Å². The molecule has 0 N–H and O–H groups in total. The van der Waals surface area contributed by atoms with Crippen LogP contribution in [0.1, 0.15) is 11.1 Å². The molecule has 1 heterocycles. The van der Waals surface area contributed by atoms with Crippen LogP contribution >= 0.6 is 34.8 Å². The summed E-state index contributed by atoms with van der Waals surface area (Å²) in [6.07, 6.45) is -9.74. The van der Waals surface area contributed by atoms with Gasteiger partial charge < -0.3 is 0 Å². The van der Waals surface area contributed by atoms with Gasteiger partial charge in [-0.1, -0.05) is 34.8 Å². The highest BCUT2D eigenvalue weighted by molar-refractivity contribution is 6.49. The van der Waals surface area contributed by atoms with Crippen molar-refractivity contribution in [2.24, 2.45) is 0 Å². The minimum Gasteiger partial charge on any atom is -0.255 e. The van der Waals surface area contributed by atoms with Crippen molar-refractivity contribution in [3.05, 3.63) is 50.6 Å². The van der Waals surface area contributed by atoms with Crippen LogP contribution in [0.25, 0.3) is 11.3 Å². The first-order chi connectivity index (χ1) is 10.4. The summed E-state index contributed by atoms with van der Waals surface area (Å²) in [5.41, 5.74) is -4.14. The third kappa shape index (κ3) is 3.67. The van der Waals surface area contributed by atoms with E-state index in [1.165, 1.54) is 6.07 Å². The predicted octanol–water partition coefficient (Wildman–Crippen LogP) is 6.75. The van der Waals surface area contributed by atoms with E-state index in [9.17, 15) is 26.3 Å². The van der Waals surface area contributed by atoms with Crippen LogP contribution in [-0.2, 0) is 12.4 Å². The van der Waals surface area contributed by atoms with Gasteiger partial charge in [-0.05, 0) is 18.2 Å². The molecule has 0 aliphatic carbocycles. The summed E-state index contributed by atoms with van der Waals surface area (Å²) < 4.78 is 77.2. The van der Waals surface area contributed by atoms with Crippen LogP contribution in [0.3, 0.4) is 0 Å². The van der Waals surface area contributed by atoms with E-state index in [0.717, 1.165) is 6.07 Å². The Morgan fingerprint density at radius 2 is 1.43 bits per heavy atom. The molecule has 0 fully saturated rings. The van der Waals surface area contributed by atoms with Crippen LogP contribution < -0.4 is 0 Å². The summed E-state index contributed by atoms with van der Waals surface area (Å²) in [5, 5.41) is -0.571. The first kappa shape index (κ1) is 18.2. The maximum atomic E-state index is 13.1. The highest BCUT2D eigenvalue weighted by atomic mass is 35.5. The summed E-state index contributed by atoms with van der Waals surface area (Å²) in [6, 6.07) is 2.24. The monoisotopic (exact) mass is 393 g/mol. The first-order valence-electron chi connectivity index (χ1n) is 5.71. The Bertz CT molecular complexity index is 755. The fraction of sp³-hybridized carbons (Fsp3) is 0.154. The van der Waals surface area contributed by atoms with Crippen molar-refractivity contribution >= 4 is 34.8 Å². The van der Waals surface area contributed by atoms with Gasteiger partial charge in [0.2, 0.25) is 0 Å². The molecule has 124 valence electrons. The molecule has 1 aromatic heterocycles. The number of halogens is 9. The molecule has 0 unspecified atom stereocenters. The first-order valence-corrected chi connectivity index (χ1v) is 6.84. The number of hydrogen-bond donors (Lipinski definition) is 0. The van der Waals surface area contributed by atoms with Crippen molar-refractivity contribution in [3.63, 3.8) is 0 Å². The summed E-state index contributed by atoms with van der Waals surface area (Å²) >= 11 is 17.3. The van der Waals surface area contributed by atoms with Crippen molar-refractivity contribution in [2.45, 2.75) is 12.4 Å². The molecule has 0 spiro atoms. The van der Waals surface area contributed by atoms with E-state index in [0.29, 0.717) is 6.20 Å². The van der Waals surface area contributed by atoms with Crippen LogP contribution in [0.2, 0.25) is 15.1 Å². The minimum atomic E-state index is -5.07. The van der Waals surface area contributed by atoms with Gasteiger partial charge >= 0.3 is 12.4 Å². The van der Waals surface area contributed by atoms with Gasteiger partial charge in [-0.3, -0.25) is 4.98 Å². The Kier molecular flexibility index (Phi) is 4.76. The van der Waals surface area contributed by atoms with Gasteiger partial charge in [-0.25, -0.2) is 0 Å². The van der Waals surface area contributed by atoms with Crippen LogP contribution in [0.5, 0.6) is 0 Å². The predicted molar refractivity (Wildman–Crippen MR) is 74.7 cm³/mol. The highest BCUT2D eigenvalue weighted by Gasteiger charge is 2.39. The Hall–Kier alpha value is -1.18.